The first-order valence-electron chi connectivity index (χ1n) is 7.76. The average molecular weight is 340 g/mol. The van der Waals surface area contributed by atoms with Gasteiger partial charge in [0.1, 0.15) is 0 Å². The lowest BCUT2D eigenvalue weighted by atomic mass is 9.79. The number of benzene rings is 1. The van der Waals surface area contributed by atoms with Crippen LogP contribution < -0.4 is 16.1 Å². The van der Waals surface area contributed by atoms with Crippen molar-refractivity contribution >= 4 is 24.3 Å². The molecule has 0 aromatic heterocycles. The van der Waals surface area contributed by atoms with Gasteiger partial charge in [-0.15, -0.1) is 0 Å². The number of urea groups is 1. The summed E-state index contributed by atoms with van der Waals surface area (Å²) in [6, 6.07) is 4.54. The van der Waals surface area contributed by atoms with Crippen LogP contribution in [-0.4, -0.2) is 51.2 Å². The third-order valence-corrected chi connectivity index (χ3v) is 3.63. The first-order chi connectivity index (χ1) is 10.8. The van der Waals surface area contributed by atoms with Crippen LogP contribution >= 0.6 is 0 Å². The highest BCUT2D eigenvalue weighted by Crippen LogP contribution is 2.19. The molecule has 6 N–H and O–H groups in total. The molecule has 2 amide bonds. The fourth-order valence-corrected chi connectivity index (χ4v) is 1.31. The molecule has 0 saturated heterocycles. The molecule has 0 fully saturated rings. The van der Waals surface area contributed by atoms with Gasteiger partial charge in [0, 0.05) is 12.2 Å². The van der Waals surface area contributed by atoms with Crippen LogP contribution in [0.4, 0.5) is 10.5 Å². The van der Waals surface area contributed by atoms with Gasteiger partial charge < -0.3 is 30.9 Å². The predicted octanol–water partition coefficient (Wildman–Crippen LogP) is 0.344. The van der Waals surface area contributed by atoms with Crippen LogP contribution in [0.2, 0.25) is 0 Å². The number of carbonyl (C=O) groups excluding carboxylic acids is 1. The van der Waals surface area contributed by atoms with E-state index >= 15 is 0 Å². The molecule has 0 bridgehead atoms. The molecule has 0 aliphatic rings. The summed E-state index contributed by atoms with van der Waals surface area (Å²) in [7, 11) is -1.49. The minimum absolute atomic E-state index is 0.275. The van der Waals surface area contributed by atoms with Gasteiger partial charge in [0.25, 0.3) is 0 Å². The Bertz CT molecular complexity index is 524. The number of aryl methyl sites for hydroxylation is 1. The Kier molecular flexibility index (Phi) is 8.43. The second kappa shape index (κ2) is 9.03. The summed E-state index contributed by atoms with van der Waals surface area (Å²) in [4.78, 5) is 11.3. The Morgan fingerprint density at radius 1 is 1.12 bits per heavy atom. The fourth-order valence-electron chi connectivity index (χ4n) is 1.31. The zero-order chi connectivity index (χ0) is 19.1. The van der Waals surface area contributed by atoms with Crippen molar-refractivity contribution in [2.75, 3.05) is 11.9 Å². The zero-order valence-electron chi connectivity index (χ0n) is 15.2. The molecule has 1 aromatic rings. The van der Waals surface area contributed by atoms with Crippen molar-refractivity contribution in [3.63, 3.8) is 0 Å². The molecule has 0 aliphatic heterocycles. The molecule has 24 heavy (non-hydrogen) atoms. The highest BCUT2D eigenvalue weighted by Gasteiger charge is 2.31. The van der Waals surface area contributed by atoms with Crippen molar-refractivity contribution in [3.05, 3.63) is 23.8 Å². The predicted molar refractivity (Wildman–Crippen MR) is 96.3 cm³/mol. The van der Waals surface area contributed by atoms with Crippen LogP contribution in [0.15, 0.2) is 18.2 Å². The molecule has 0 unspecified atom stereocenters. The van der Waals surface area contributed by atoms with Crippen LogP contribution in [0, 0.1) is 6.92 Å². The second-order valence-electron chi connectivity index (χ2n) is 6.55. The minimum Gasteiger partial charge on any atom is -0.423 e. The first kappa shape index (κ1) is 22.4. The molecule has 0 radical (unpaired) electrons. The smallest absolute Gasteiger partial charge is 0.423 e. The maximum atomic E-state index is 11.3. The van der Waals surface area contributed by atoms with Crippen molar-refractivity contribution in [1.29, 1.82) is 0 Å². The van der Waals surface area contributed by atoms with Crippen molar-refractivity contribution in [3.8, 4) is 0 Å². The molecule has 0 atom stereocenters. The minimum atomic E-state index is -1.49. The number of rotatable bonds is 4. The maximum absolute atomic E-state index is 11.3. The molecule has 0 heterocycles. The lowest BCUT2D eigenvalue weighted by molar-refractivity contribution is -0.107. The van der Waals surface area contributed by atoms with Crippen LogP contribution in [0.3, 0.4) is 0 Å². The van der Waals surface area contributed by atoms with Crippen molar-refractivity contribution < 1.29 is 25.1 Å². The fraction of sp³-hybridized carbons (Fsp3) is 0.562. The second-order valence-corrected chi connectivity index (χ2v) is 6.55. The molecule has 1 rings (SSSR count). The van der Waals surface area contributed by atoms with E-state index in [0.29, 0.717) is 17.7 Å². The molecule has 1 aromatic carbocycles. The first-order valence-corrected chi connectivity index (χ1v) is 7.76. The van der Waals surface area contributed by atoms with E-state index in [1.54, 1.807) is 52.8 Å². The van der Waals surface area contributed by atoms with E-state index in [1.165, 1.54) is 0 Å². The molecule has 0 aliphatic carbocycles. The Balaban J connectivity index is 0.000000561. The molecule has 8 heteroatoms. The number of amides is 2. The van der Waals surface area contributed by atoms with E-state index in [-0.39, 0.29) is 6.03 Å². The molecule has 7 nitrogen and oxygen atoms in total. The van der Waals surface area contributed by atoms with Crippen LogP contribution in [0.5, 0.6) is 0 Å². The van der Waals surface area contributed by atoms with Gasteiger partial charge in [-0.05, 0) is 58.6 Å². The van der Waals surface area contributed by atoms with Crippen molar-refractivity contribution in [1.82, 2.24) is 5.32 Å². The molecule has 136 valence electrons. The summed E-state index contributed by atoms with van der Waals surface area (Å²) < 4.78 is 0. The molecular weight excluding hydrogens is 311 g/mol. The SMILES string of the molecule is CC(C)(O)C(C)(C)O.CCNC(=O)Nc1ccc(B(O)O)cc1C. The number of nitrogens with one attached hydrogen (secondary N) is 2. The standard InChI is InChI=1S/C10H15BN2O3.C6H14O2/c1-3-12-10(14)13-9-5-4-8(11(15)16)6-7(9)2;1-5(2,7)6(3,4)8/h4-6,15-16H,3H2,1-2H3,(H2,12,13,14);7-8H,1-4H3. The normalized spacial score (nSPS) is 11.2. The Labute approximate surface area is 143 Å². The average Bonchev–Trinajstić information content (AvgIpc) is 2.39. The van der Waals surface area contributed by atoms with Gasteiger partial charge >= 0.3 is 13.1 Å². The largest absolute Gasteiger partial charge is 0.488 e. The number of hydrogen-bond donors (Lipinski definition) is 6. The Morgan fingerprint density at radius 3 is 1.96 bits per heavy atom. The van der Waals surface area contributed by atoms with Crippen LogP contribution in [0.25, 0.3) is 0 Å². The van der Waals surface area contributed by atoms with E-state index < -0.39 is 18.3 Å². The highest BCUT2D eigenvalue weighted by molar-refractivity contribution is 6.58. The monoisotopic (exact) mass is 340 g/mol. The van der Waals surface area contributed by atoms with E-state index in [0.717, 1.165) is 5.56 Å². The van der Waals surface area contributed by atoms with E-state index in [1.807, 2.05) is 6.92 Å². The molecule has 0 spiro atoms. The highest BCUT2D eigenvalue weighted by atomic mass is 16.4. The van der Waals surface area contributed by atoms with Crippen LogP contribution in [-0.2, 0) is 0 Å². The summed E-state index contributed by atoms with van der Waals surface area (Å²) in [6.45, 7) is 10.5. The third-order valence-electron chi connectivity index (χ3n) is 3.63. The van der Waals surface area contributed by atoms with E-state index in [9.17, 15) is 4.79 Å². The van der Waals surface area contributed by atoms with Gasteiger partial charge in [-0.25, -0.2) is 4.79 Å². The number of aliphatic hydroxyl groups is 2. The molecular formula is C16H29BN2O5. The number of carbonyl (C=O) groups is 1. The van der Waals surface area contributed by atoms with Gasteiger partial charge in [0.05, 0.1) is 11.2 Å². The Morgan fingerprint density at radius 2 is 1.62 bits per heavy atom. The topological polar surface area (TPSA) is 122 Å². The van der Waals surface area contributed by atoms with E-state index in [2.05, 4.69) is 10.6 Å². The van der Waals surface area contributed by atoms with E-state index in [4.69, 9.17) is 20.3 Å². The zero-order valence-corrected chi connectivity index (χ0v) is 15.2. The van der Waals surface area contributed by atoms with Gasteiger partial charge in [-0.2, -0.15) is 0 Å². The van der Waals surface area contributed by atoms with Gasteiger partial charge in [0.15, 0.2) is 0 Å². The maximum Gasteiger partial charge on any atom is 0.488 e. The molecule has 0 saturated carbocycles. The summed E-state index contributed by atoms with van der Waals surface area (Å²) in [5.74, 6) is 0. The Hall–Kier alpha value is -1.61. The number of anilines is 1. The summed E-state index contributed by atoms with van der Waals surface area (Å²) >= 11 is 0. The van der Waals surface area contributed by atoms with Gasteiger partial charge in [0.2, 0.25) is 0 Å². The summed E-state index contributed by atoms with van der Waals surface area (Å²) in [6.07, 6.45) is 0. The quantitative estimate of drug-likeness (QED) is 0.442. The lowest BCUT2D eigenvalue weighted by Gasteiger charge is -2.31. The van der Waals surface area contributed by atoms with Gasteiger partial charge in [-0.1, -0.05) is 12.1 Å². The lowest BCUT2D eigenvalue weighted by Crippen LogP contribution is -2.44. The van der Waals surface area contributed by atoms with Crippen LogP contribution in [0.1, 0.15) is 40.2 Å². The summed E-state index contributed by atoms with van der Waals surface area (Å²) in [5, 5.41) is 41.4. The van der Waals surface area contributed by atoms with Crippen molar-refractivity contribution in [2.24, 2.45) is 0 Å². The van der Waals surface area contributed by atoms with Crippen molar-refractivity contribution in [2.45, 2.75) is 52.7 Å². The third kappa shape index (κ3) is 7.78. The summed E-state index contributed by atoms with van der Waals surface area (Å²) in [5.41, 5.74) is -0.189. The number of hydrogen-bond acceptors (Lipinski definition) is 5. The van der Waals surface area contributed by atoms with Gasteiger partial charge in [-0.3, -0.25) is 0 Å².